The molecule has 0 aromatic heterocycles. The standard InChI is InChI=1S/C13H24/c1-3-12-5-4-6-13(10(12)2)9-11-7-8-11/h10-13H,3-9H2,1-2H3. The summed E-state index contributed by atoms with van der Waals surface area (Å²) in [5.74, 6) is 4.31. The number of hydrogen-bond acceptors (Lipinski definition) is 0. The zero-order valence-electron chi connectivity index (χ0n) is 9.26. The topological polar surface area (TPSA) is 0 Å². The second kappa shape index (κ2) is 4.02. The molecular weight excluding hydrogens is 156 g/mol. The Morgan fingerprint density at radius 3 is 2.31 bits per heavy atom. The van der Waals surface area contributed by atoms with Crippen molar-refractivity contribution in [3.63, 3.8) is 0 Å². The van der Waals surface area contributed by atoms with Gasteiger partial charge in [-0.2, -0.15) is 0 Å². The largest absolute Gasteiger partial charge is 0.0651 e. The quantitative estimate of drug-likeness (QED) is 0.609. The summed E-state index contributed by atoms with van der Waals surface area (Å²) in [6.07, 6.45) is 10.6. The Labute approximate surface area is 83.1 Å². The third-order valence-corrected chi connectivity index (χ3v) is 4.49. The predicted molar refractivity (Wildman–Crippen MR) is 57.6 cm³/mol. The maximum atomic E-state index is 2.51. The molecule has 76 valence electrons. The van der Waals surface area contributed by atoms with Gasteiger partial charge in [0.2, 0.25) is 0 Å². The van der Waals surface area contributed by atoms with E-state index < -0.39 is 0 Å². The van der Waals surface area contributed by atoms with Crippen molar-refractivity contribution >= 4 is 0 Å². The first-order chi connectivity index (χ1) is 6.31. The smallest absolute Gasteiger partial charge is 0.0383 e. The van der Waals surface area contributed by atoms with E-state index in [2.05, 4.69) is 13.8 Å². The van der Waals surface area contributed by atoms with E-state index in [0.29, 0.717) is 0 Å². The molecular formula is C13H24. The maximum Gasteiger partial charge on any atom is -0.0383 e. The summed E-state index contributed by atoms with van der Waals surface area (Å²) >= 11 is 0. The third kappa shape index (κ3) is 2.27. The first-order valence-corrected chi connectivity index (χ1v) is 6.31. The van der Waals surface area contributed by atoms with Gasteiger partial charge < -0.3 is 0 Å². The number of hydrogen-bond donors (Lipinski definition) is 0. The second-order valence-electron chi connectivity index (χ2n) is 5.40. The minimum Gasteiger partial charge on any atom is -0.0651 e. The molecule has 0 heteroatoms. The fraction of sp³-hybridized carbons (Fsp3) is 1.00. The fourth-order valence-electron chi connectivity index (χ4n) is 3.24. The normalized spacial score (nSPS) is 40.6. The molecule has 3 unspecified atom stereocenters. The van der Waals surface area contributed by atoms with Crippen LogP contribution in [-0.2, 0) is 0 Å². The summed E-state index contributed by atoms with van der Waals surface area (Å²) in [6, 6.07) is 0. The van der Waals surface area contributed by atoms with Crippen molar-refractivity contribution in [2.24, 2.45) is 23.7 Å². The molecule has 0 nitrogen and oxygen atoms in total. The van der Waals surface area contributed by atoms with Crippen LogP contribution in [0.15, 0.2) is 0 Å². The van der Waals surface area contributed by atoms with E-state index in [0.717, 1.165) is 23.7 Å². The Morgan fingerprint density at radius 1 is 1.00 bits per heavy atom. The third-order valence-electron chi connectivity index (χ3n) is 4.49. The van der Waals surface area contributed by atoms with Gasteiger partial charge in [0.05, 0.1) is 0 Å². The molecule has 0 amide bonds. The summed E-state index contributed by atoms with van der Waals surface area (Å²) in [4.78, 5) is 0. The summed E-state index contributed by atoms with van der Waals surface area (Å²) in [5, 5.41) is 0. The monoisotopic (exact) mass is 180 g/mol. The lowest BCUT2D eigenvalue weighted by atomic mass is 9.70. The van der Waals surface area contributed by atoms with Crippen molar-refractivity contribution < 1.29 is 0 Å². The van der Waals surface area contributed by atoms with Crippen LogP contribution in [0.2, 0.25) is 0 Å². The molecule has 0 spiro atoms. The molecule has 0 saturated heterocycles. The molecule has 0 aromatic carbocycles. The van der Waals surface area contributed by atoms with Crippen LogP contribution in [0, 0.1) is 23.7 Å². The Balaban J connectivity index is 1.85. The average Bonchev–Trinajstić information content (AvgIpc) is 2.92. The van der Waals surface area contributed by atoms with E-state index in [9.17, 15) is 0 Å². The van der Waals surface area contributed by atoms with Crippen LogP contribution in [0.25, 0.3) is 0 Å². The van der Waals surface area contributed by atoms with E-state index in [1.54, 1.807) is 19.3 Å². The minimum atomic E-state index is 1.03. The van der Waals surface area contributed by atoms with E-state index in [4.69, 9.17) is 0 Å². The molecule has 2 aliphatic carbocycles. The van der Waals surface area contributed by atoms with Crippen molar-refractivity contribution in [2.75, 3.05) is 0 Å². The Morgan fingerprint density at radius 2 is 1.69 bits per heavy atom. The van der Waals surface area contributed by atoms with Gasteiger partial charge >= 0.3 is 0 Å². The zero-order chi connectivity index (χ0) is 9.26. The summed E-state index contributed by atoms with van der Waals surface area (Å²) in [6.45, 7) is 4.89. The summed E-state index contributed by atoms with van der Waals surface area (Å²) in [5.41, 5.74) is 0. The molecule has 0 N–H and O–H groups in total. The molecule has 0 bridgehead atoms. The van der Waals surface area contributed by atoms with Gasteiger partial charge in [0, 0.05) is 0 Å². The molecule has 2 aliphatic rings. The van der Waals surface area contributed by atoms with E-state index in [-0.39, 0.29) is 0 Å². The molecule has 2 rings (SSSR count). The highest BCUT2D eigenvalue weighted by Crippen LogP contribution is 2.44. The molecule has 0 radical (unpaired) electrons. The molecule has 0 heterocycles. The van der Waals surface area contributed by atoms with Crippen LogP contribution in [0.1, 0.15) is 58.8 Å². The van der Waals surface area contributed by atoms with Crippen LogP contribution in [0.3, 0.4) is 0 Å². The van der Waals surface area contributed by atoms with Gasteiger partial charge in [0.1, 0.15) is 0 Å². The molecule has 2 fully saturated rings. The van der Waals surface area contributed by atoms with Gasteiger partial charge in [0.25, 0.3) is 0 Å². The van der Waals surface area contributed by atoms with Crippen LogP contribution in [-0.4, -0.2) is 0 Å². The highest BCUT2D eigenvalue weighted by atomic mass is 14.4. The lowest BCUT2D eigenvalue weighted by molar-refractivity contribution is 0.150. The molecule has 3 atom stereocenters. The predicted octanol–water partition coefficient (Wildman–Crippen LogP) is 4.25. The Bertz CT molecular complexity index is 157. The van der Waals surface area contributed by atoms with Crippen molar-refractivity contribution in [2.45, 2.75) is 58.8 Å². The second-order valence-corrected chi connectivity index (χ2v) is 5.40. The first kappa shape index (κ1) is 9.55. The van der Waals surface area contributed by atoms with Gasteiger partial charge in [-0.3, -0.25) is 0 Å². The van der Waals surface area contributed by atoms with E-state index in [1.165, 1.54) is 25.7 Å². The van der Waals surface area contributed by atoms with Crippen LogP contribution >= 0.6 is 0 Å². The molecule has 13 heavy (non-hydrogen) atoms. The summed E-state index contributed by atoms with van der Waals surface area (Å²) < 4.78 is 0. The summed E-state index contributed by atoms with van der Waals surface area (Å²) in [7, 11) is 0. The van der Waals surface area contributed by atoms with E-state index >= 15 is 0 Å². The van der Waals surface area contributed by atoms with E-state index in [1.807, 2.05) is 0 Å². The number of rotatable bonds is 3. The van der Waals surface area contributed by atoms with Crippen LogP contribution < -0.4 is 0 Å². The molecule has 0 aliphatic heterocycles. The lowest BCUT2D eigenvalue weighted by Crippen LogP contribution is -2.25. The minimum absolute atomic E-state index is 1.03. The van der Waals surface area contributed by atoms with Crippen molar-refractivity contribution in [3.8, 4) is 0 Å². The van der Waals surface area contributed by atoms with Gasteiger partial charge in [-0.05, 0) is 30.1 Å². The van der Waals surface area contributed by atoms with Gasteiger partial charge in [-0.15, -0.1) is 0 Å². The Kier molecular flexibility index (Phi) is 2.96. The highest BCUT2D eigenvalue weighted by Gasteiger charge is 2.33. The Hall–Kier alpha value is 0. The maximum absolute atomic E-state index is 2.51. The van der Waals surface area contributed by atoms with Gasteiger partial charge in [-0.1, -0.05) is 52.4 Å². The molecule has 0 aromatic rings. The highest BCUT2D eigenvalue weighted by molar-refractivity contribution is 4.84. The van der Waals surface area contributed by atoms with Crippen molar-refractivity contribution in [1.82, 2.24) is 0 Å². The van der Waals surface area contributed by atoms with Gasteiger partial charge in [-0.25, -0.2) is 0 Å². The van der Waals surface area contributed by atoms with Crippen LogP contribution in [0.5, 0.6) is 0 Å². The zero-order valence-corrected chi connectivity index (χ0v) is 9.26. The van der Waals surface area contributed by atoms with Gasteiger partial charge in [0.15, 0.2) is 0 Å². The fourth-order valence-corrected chi connectivity index (χ4v) is 3.24. The van der Waals surface area contributed by atoms with Crippen molar-refractivity contribution in [1.29, 1.82) is 0 Å². The SMILES string of the molecule is CCC1CCCC(CC2CC2)C1C. The average molecular weight is 180 g/mol. The first-order valence-electron chi connectivity index (χ1n) is 6.31. The molecule has 2 saturated carbocycles. The van der Waals surface area contributed by atoms with Crippen LogP contribution in [0.4, 0.5) is 0 Å². The lowest BCUT2D eigenvalue weighted by Gasteiger charge is -2.35. The van der Waals surface area contributed by atoms with Crippen molar-refractivity contribution in [3.05, 3.63) is 0 Å².